The molecule has 0 aromatic carbocycles. The quantitative estimate of drug-likeness (QED) is 0.384. The Labute approximate surface area is 163 Å². The second kappa shape index (κ2) is 12.0. The van der Waals surface area contributed by atoms with Gasteiger partial charge in [0.05, 0.1) is 0 Å². The lowest BCUT2D eigenvalue weighted by molar-refractivity contribution is 0.191. The molecule has 2 N–H and O–H groups in total. The highest BCUT2D eigenvalue weighted by molar-refractivity contribution is 7.85. The molecule has 1 aliphatic carbocycles. The second-order valence-electron chi connectivity index (χ2n) is 7.94. The Bertz CT molecular complexity index is 449. The van der Waals surface area contributed by atoms with Crippen molar-refractivity contribution in [1.29, 1.82) is 0 Å². The average molecular weight is 385 g/mol. The van der Waals surface area contributed by atoms with Gasteiger partial charge in [0.2, 0.25) is 0 Å². The number of hydrogen-bond acceptors (Lipinski definition) is 3. The minimum Gasteiger partial charge on any atom is -0.357 e. The van der Waals surface area contributed by atoms with Crippen molar-refractivity contribution >= 4 is 16.8 Å². The van der Waals surface area contributed by atoms with Crippen LogP contribution in [0.15, 0.2) is 4.99 Å². The summed E-state index contributed by atoms with van der Waals surface area (Å²) in [6.45, 7) is 11.9. The molecular formula is C20H40N4OS. The normalized spacial score (nSPS) is 27.3. The van der Waals surface area contributed by atoms with Crippen molar-refractivity contribution in [3.8, 4) is 0 Å². The highest BCUT2D eigenvalue weighted by Crippen LogP contribution is 2.23. The lowest BCUT2D eigenvalue weighted by Gasteiger charge is -2.30. The van der Waals surface area contributed by atoms with Crippen LogP contribution in [0.3, 0.4) is 0 Å². The van der Waals surface area contributed by atoms with Crippen LogP contribution in [0.4, 0.5) is 0 Å². The Morgan fingerprint density at radius 3 is 2.65 bits per heavy atom. The maximum atomic E-state index is 12.1. The molecule has 1 saturated carbocycles. The van der Waals surface area contributed by atoms with Crippen molar-refractivity contribution in [2.75, 3.05) is 38.5 Å². The highest BCUT2D eigenvalue weighted by Gasteiger charge is 2.26. The average Bonchev–Trinajstić information content (AvgIpc) is 2.66. The number of aliphatic imine (C=N–C) groups is 1. The van der Waals surface area contributed by atoms with Crippen LogP contribution < -0.4 is 10.6 Å². The van der Waals surface area contributed by atoms with Crippen molar-refractivity contribution in [3.05, 3.63) is 0 Å². The number of guanidine groups is 1. The molecule has 0 radical (unpaired) electrons. The third-order valence-corrected chi connectivity index (χ3v) is 7.49. The van der Waals surface area contributed by atoms with E-state index in [9.17, 15) is 4.21 Å². The Kier molecular flexibility index (Phi) is 9.97. The third kappa shape index (κ3) is 7.55. The molecule has 6 heteroatoms. The van der Waals surface area contributed by atoms with Gasteiger partial charge in [-0.05, 0) is 71.0 Å². The van der Waals surface area contributed by atoms with Gasteiger partial charge in [-0.2, -0.15) is 0 Å². The van der Waals surface area contributed by atoms with Gasteiger partial charge in [-0.1, -0.05) is 20.3 Å². The van der Waals surface area contributed by atoms with Crippen molar-refractivity contribution in [3.63, 3.8) is 0 Å². The van der Waals surface area contributed by atoms with E-state index in [1.54, 1.807) is 0 Å². The molecule has 3 atom stereocenters. The monoisotopic (exact) mass is 384 g/mol. The molecule has 0 spiro atoms. The third-order valence-electron chi connectivity index (χ3n) is 5.75. The predicted molar refractivity (Wildman–Crippen MR) is 113 cm³/mol. The molecule has 0 bridgehead atoms. The Balaban J connectivity index is 1.74. The molecule has 1 heterocycles. The van der Waals surface area contributed by atoms with E-state index in [0.29, 0.717) is 11.3 Å². The summed E-state index contributed by atoms with van der Waals surface area (Å²) in [5.74, 6) is 2.61. The zero-order valence-electron chi connectivity index (χ0n) is 17.1. The zero-order valence-corrected chi connectivity index (χ0v) is 18.0. The number of nitrogens with one attached hydrogen (secondary N) is 2. The predicted octanol–water partition coefficient (Wildman–Crippen LogP) is 2.74. The highest BCUT2D eigenvalue weighted by atomic mass is 32.2. The standard InChI is InChI=1S/C20H40N4OS/c1-4-21-20(22-12-7-13-24-14-10-17(3)11-15-24)23-18-8-6-9-19(16-18)26(25)5-2/h17-19H,4-16H2,1-3H3,(H2,21,22,23). The van der Waals surface area contributed by atoms with Crippen LogP contribution in [0.5, 0.6) is 0 Å². The lowest BCUT2D eigenvalue weighted by atomic mass is 9.95. The van der Waals surface area contributed by atoms with Crippen LogP contribution in [0, 0.1) is 5.92 Å². The summed E-state index contributed by atoms with van der Waals surface area (Å²) in [5.41, 5.74) is 0. The molecule has 1 aliphatic heterocycles. The van der Waals surface area contributed by atoms with Gasteiger partial charge >= 0.3 is 0 Å². The molecular weight excluding hydrogens is 344 g/mol. The summed E-state index contributed by atoms with van der Waals surface area (Å²) < 4.78 is 12.1. The first-order valence-electron chi connectivity index (χ1n) is 10.8. The van der Waals surface area contributed by atoms with E-state index < -0.39 is 10.8 Å². The minimum absolute atomic E-state index is 0.357. The minimum atomic E-state index is -0.671. The number of piperidine rings is 1. The van der Waals surface area contributed by atoms with Gasteiger partial charge in [-0.3, -0.25) is 9.20 Å². The fourth-order valence-corrected chi connectivity index (χ4v) is 5.38. The first kappa shape index (κ1) is 21.7. The summed E-state index contributed by atoms with van der Waals surface area (Å²) >= 11 is 0. The van der Waals surface area contributed by atoms with E-state index in [1.165, 1.54) is 32.4 Å². The molecule has 5 nitrogen and oxygen atoms in total. The molecule has 1 saturated heterocycles. The summed E-state index contributed by atoms with van der Waals surface area (Å²) in [7, 11) is -0.671. The fourth-order valence-electron chi connectivity index (χ4n) is 4.03. The zero-order chi connectivity index (χ0) is 18.8. The van der Waals surface area contributed by atoms with Crippen LogP contribution in [0.1, 0.15) is 65.7 Å². The summed E-state index contributed by atoms with van der Waals surface area (Å²) in [5, 5.41) is 7.34. The molecule has 3 unspecified atom stereocenters. The molecule has 26 heavy (non-hydrogen) atoms. The van der Waals surface area contributed by atoms with E-state index in [4.69, 9.17) is 4.99 Å². The van der Waals surface area contributed by atoms with Gasteiger partial charge < -0.3 is 15.5 Å². The largest absolute Gasteiger partial charge is 0.357 e. The van der Waals surface area contributed by atoms with Gasteiger partial charge in [0.15, 0.2) is 5.96 Å². The Morgan fingerprint density at radius 2 is 1.96 bits per heavy atom. The van der Waals surface area contributed by atoms with E-state index >= 15 is 0 Å². The number of rotatable bonds is 8. The number of hydrogen-bond donors (Lipinski definition) is 2. The molecule has 2 rings (SSSR count). The maximum Gasteiger partial charge on any atom is 0.191 e. The fraction of sp³-hybridized carbons (Fsp3) is 0.950. The first-order valence-corrected chi connectivity index (χ1v) is 12.1. The maximum absolute atomic E-state index is 12.1. The topological polar surface area (TPSA) is 56.7 Å². The van der Waals surface area contributed by atoms with Crippen molar-refractivity contribution < 1.29 is 4.21 Å². The molecule has 2 aliphatic rings. The van der Waals surface area contributed by atoms with Crippen LogP contribution in [-0.2, 0) is 10.8 Å². The van der Waals surface area contributed by atoms with Gasteiger partial charge in [0, 0.05) is 40.9 Å². The van der Waals surface area contributed by atoms with E-state index in [0.717, 1.165) is 62.9 Å². The van der Waals surface area contributed by atoms with Gasteiger partial charge in [0.1, 0.15) is 0 Å². The van der Waals surface area contributed by atoms with Crippen molar-refractivity contribution in [2.45, 2.75) is 77.0 Å². The first-order chi connectivity index (χ1) is 12.6. The Morgan fingerprint density at radius 1 is 1.19 bits per heavy atom. The summed E-state index contributed by atoms with van der Waals surface area (Å²) in [4.78, 5) is 7.37. The van der Waals surface area contributed by atoms with Gasteiger partial charge in [-0.15, -0.1) is 0 Å². The summed E-state index contributed by atoms with van der Waals surface area (Å²) in [6.07, 6.45) is 8.26. The molecule has 0 aromatic rings. The summed E-state index contributed by atoms with van der Waals surface area (Å²) in [6, 6.07) is 0.408. The molecule has 2 fully saturated rings. The van der Waals surface area contributed by atoms with Crippen LogP contribution >= 0.6 is 0 Å². The van der Waals surface area contributed by atoms with E-state index in [1.807, 2.05) is 6.92 Å². The van der Waals surface area contributed by atoms with Crippen molar-refractivity contribution in [2.24, 2.45) is 10.9 Å². The number of likely N-dealkylation sites (tertiary alicyclic amines) is 1. The van der Waals surface area contributed by atoms with Crippen LogP contribution in [-0.4, -0.2) is 64.8 Å². The van der Waals surface area contributed by atoms with Gasteiger partial charge in [0.25, 0.3) is 0 Å². The lowest BCUT2D eigenvalue weighted by Crippen LogP contribution is -2.46. The van der Waals surface area contributed by atoms with Crippen LogP contribution in [0.2, 0.25) is 0 Å². The molecule has 0 amide bonds. The van der Waals surface area contributed by atoms with E-state index in [-0.39, 0.29) is 0 Å². The number of nitrogens with zero attached hydrogens (tertiary/aromatic N) is 2. The van der Waals surface area contributed by atoms with Crippen LogP contribution in [0.25, 0.3) is 0 Å². The SMILES string of the molecule is CCNC(=NCCCN1CCC(C)CC1)NC1CCCC(S(=O)CC)C1. The van der Waals surface area contributed by atoms with Gasteiger partial charge in [-0.25, -0.2) is 0 Å². The smallest absolute Gasteiger partial charge is 0.191 e. The van der Waals surface area contributed by atoms with Crippen molar-refractivity contribution in [1.82, 2.24) is 15.5 Å². The van der Waals surface area contributed by atoms with E-state index in [2.05, 4.69) is 29.4 Å². The molecule has 0 aromatic heterocycles. The molecule has 152 valence electrons. The second-order valence-corrected chi connectivity index (χ2v) is 9.94. The Hall–Kier alpha value is -0.620.